The molecule has 2 rings (SSSR count). The maximum absolute atomic E-state index is 6.23. The maximum atomic E-state index is 6.23. The number of pyridine rings is 1. The summed E-state index contributed by atoms with van der Waals surface area (Å²) in [5, 5.41) is 8.39. The fourth-order valence-corrected chi connectivity index (χ4v) is 2.18. The first-order valence-corrected chi connectivity index (χ1v) is 6.42. The molecule has 0 amide bonds. The van der Waals surface area contributed by atoms with Gasteiger partial charge in [0.15, 0.2) is 0 Å². The lowest BCUT2D eigenvalue weighted by Gasteiger charge is -2.20. The third-order valence-corrected chi connectivity index (χ3v) is 3.18. The molecule has 2 aromatic heterocycles. The molecule has 2 heterocycles. The molecule has 0 aliphatic carbocycles. The molecule has 0 aromatic carbocycles. The number of hydrogen-bond donors (Lipinski definition) is 1. The summed E-state index contributed by atoms with van der Waals surface area (Å²) in [6.07, 6.45) is 6.30. The number of rotatable bonds is 5. The molecule has 1 unspecified atom stereocenters. The first-order valence-electron chi connectivity index (χ1n) is 6.04. The van der Waals surface area contributed by atoms with Crippen molar-refractivity contribution in [2.45, 2.75) is 19.4 Å². The third kappa shape index (κ3) is 2.71. The predicted molar refractivity (Wildman–Crippen MR) is 72.6 cm³/mol. The van der Waals surface area contributed by atoms with Gasteiger partial charge in [-0.1, -0.05) is 18.5 Å². The second-order valence-corrected chi connectivity index (χ2v) is 4.57. The zero-order valence-electron chi connectivity index (χ0n) is 10.6. The lowest BCUT2D eigenvalue weighted by molar-refractivity contribution is 0.553. The van der Waals surface area contributed by atoms with Crippen molar-refractivity contribution in [1.82, 2.24) is 20.1 Å². The minimum Gasteiger partial charge on any atom is -0.305 e. The predicted octanol–water partition coefficient (Wildman–Crippen LogP) is 2.56. The minimum atomic E-state index is 0.0490. The van der Waals surface area contributed by atoms with Crippen molar-refractivity contribution in [2.75, 3.05) is 6.54 Å². The van der Waals surface area contributed by atoms with Gasteiger partial charge in [-0.3, -0.25) is 9.67 Å². The summed E-state index contributed by atoms with van der Waals surface area (Å²) in [7, 11) is 1.94. The number of nitrogens with zero attached hydrogens (tertiary/aromatic N) is 3. The Bertz CT molecular complexity index is 509. The van der Waals surface area contributed by atoms with Gasteiger partial charge in [-0.2, -0.15) is 5.10 Å². The van der Waals surface area contributed by atoms with E-state index in [-0.39, 0.29) is 6.04 Å². The third-order valence-electron chi connectivity index (χ3n) is 2.87. The summed E-state index contributed by atoms with van der Waals surface area (Å²) in [5.74, 6) is 0. The smallest absolute Gasteiger partial charge is 0.0763 e. The molecule has 0 saturated carbocycles. The van der Waals surface area contributed by atoms with Crippen LogP contribution in [0.5, 0.6) is 0 Å². The Balaban J connectivity index is 2.37. The molecule has 0 saturated heterocycles. The Hall–Kier alpha value is -1.39. The number of hydrogen-bond acceptors (Lipinski definition) is 3. The van der Waals surface area contributed by atoms with Crippen LogP contribution >= 0.6 is 11.6 Å². The van der Waals surface area contributed by atoms with Crippen LogP contribution in [0.1, 0.15) is 30.6 Å². The molecule has 18 heavy (non-hydrogen) atoms. The zero-order chi connectivity index (χ0) is 13.0. The van der Waals surface area contributed by atoms with E-state index in [4.69, 9.17) is 11.6 Å². The molecule has 2 aromatic rings. The maximum Gasteiger partial charge on any atom is 0.0763 e. The van der Waals surface area contributed by atoms with Crippen LogP contribution in [0.4, 0.5) is 0 Å². The molecular weight excluding hydrogens is 248 g/mol. The highest BCUT2D eigenvalue weighted by Crippen LogP contribution is 2.27. The largest absolute Gasteiger partial charge is 0.305 e. The molecule has 0 aliphatic heterocycles. The standard InChI is InChI=1S/C13H17ClN4/c1-3-6-16-13(12-5-8-17-18(12)2)10-4-7-15-9-11(10)14/h4-5,7-9,13,16H,3,6H2,1-2H3. The van der Waals surface area contributed by atoms with Gasteiger partial charge in [0, 0.05) is 25.6 Å². The summed E-state index contributed by atoms with van der Waals surface area (Å²) >= 11 is 6.23. The molecule has 0 aliphatic rings. The van der Waals surface area contributed by atoms with Crippen LogP contribution in [0.3, 0.4) is 0 Å². The number of halogens is 1. The highest BCUT2D eigenvalue weighted by Gasteiger charge is 2.18. The van der Waals surface area contributed by atoms with Crippen LogP contribution in [-0.2, 0) is 7.05 Å². The molecular formula is C13H17ClN4. The molecule has 5 heteroatoms. The van der Waals surface area contributed by atoms with E-state index >= 15 is 0 Å². The lowest BCUT2D eigenvalue weighted by Crippen LogP contribution is -2.25. The number of aryl methyl sites for hydroxylation is 1. The minimum absolute atomic E-state index is 0.0490. The van der Waals surface area contributed by atoms with Crippen molar-refractivity contribution in [3.8, 4) is 0 Å². The number of aromatic nitrogens is 3. The van der Waals surface area contributed by atoms with Crippen LogP contribution in [0.25, 0.3) is 0 Å². The zero-order valence-corrected chi connectivity index (χ0v) is 11.4. The van der Waals surface area contributed by atoms with Gasteiger partial charge in [0.2, 0.25) is 0 Å². The SMILES string of the molecule is CCCNC(c1ccncc1Cl)c1ccnn1C. The average molecular weight is 265 g/mol. The van der Waals surface area contributed by atoms with Crippen LogP contribution in [0.15, 0.2) is 30.7 Å². The van der Waals surface area contributed by atoms with Crippen molar-refractivity contribution in [2.24, 2.45) is 7.05 Å². The summed E-state index contributed by atoms with van der Waals surface area (Å²) in [4.78, 5) is 4.03. The summed E-state index contributed by atoms with van der Waals surface area (Å²) in [6.45, 7) is 3.07. The van der Waals surface area contributed by atoms with Gasteiger partial charge in [-0.15, -0.1) is 0 Å². The van der Waals surface area contributed by atoms with Gasteiger partial charge in [0.1, 0.15) is 0 Å². The van der Waals surface area contributed by atoms with Gasteiger partial charge in [-0.25, -0.2) is 0 Å². The Morgan fingerprint density at radius 3 is 2.83 bits per heavy atom. The van der Waals surface area contributed by atoms with E-state index in [1.54, 1.807) is 18.6 Å². The van der Waals surface area contributed by atoms with E-state index < -0.39 is 0 Å². The van der Waals surface area contributed by atoms with Crippen LogP contribution in [-0.4, -0.2) is 21.3 Å². The fraction of sp³-hybridized carbons (Fsp3) is 0.385. The van der Waals surface area contributed by atoms with E-state index in [0.29, 0.717) is 5.02 Å². The van der Waals surface area contributed by atoms with Gasteiger partial charge in [-0.05, 0) is 30.7 Å². The van der Waals surface area contributed by atoms with Crippen LogP contribution < -0.4 is 5.32 Å². The molecule has 96 valence electrons. The molecule has 0 fully saturated rings. The van der Waals surface area contributed by atoms with E-state index in [2.05, 4.69) is 22.3 Å². The topological polar surface area (TPSA) is 42.7 Å². The summed E-state index contributed by atoms with van der Waals surface area (Å²) < 4.78 is 1.87. The molecule has 1 N–H and O–H groups in total. The molecule has 0 spiro atoms. The van der Waals surface area contributed by atoms with Crippen molar-refractivity contribution in [3.63, 3.8) is 0 Å². The highest BCUT2D eigenvalue weighted by atomic mass is 35.5. The molecule has 0 bridgehead atoms. The van der Waals surface area contributed by atoms with E-state index in [9.17, 15) is 0 Å². The van der Waals surface area contributed by atoms with Crippen molar-refractivity contribution >= 4 is 11.6 Å². The van der Waals surface area contributed by atoms with E-state index in [0.717, 1.165) is 24.2 Å². The van der Waals surface area contributed by atoms with Crippen LogP contribution in [0.2, 0.25) is 5.02 Å². The van der Waals surface area contributed by atoms with Crippen molar-refractivity contribution < 1.29 is 0 Å². The normalized spacial score (nSPS) is 12.6. The Morgan fingerprint density at radius 1 is 1.39 bits per heavy atom. The Kier molecular flexibility index (Phi) is 4.33. The van der Waals surface area contributed by atoms with Crippen LogP contribution in [0, 0.1) is 0 Å². The molecule has 1 atom stereocenters. The Morgan fingerprint density at radius 2 is 2.22 bits per heavy atom. The first kappa shape index (κ1) is 13.1. The second kappa shape index (κ2) is 5.98. The Labute approximate surface area is 112 Å². The fourth-order valence-electron chi connectivity index (χ4n) is 1.95. The van der Waals surface area contributed by atoms with Crippen molar-refractivity contribution in [1.29, 1.82) is 0 Å². The van der Waals surface area contributed by atoms with Gasteiger partial charge < -0.3 is 5.32 Å². The monoisotopic (exact) mass is 264 g/mol. The van der Waals surface area contributed by atoms with E-state index in [1.165, 1.54) is 0 Å². The molecule has 0 radical (unpaired) electrons. The van der Waals surface area contributed by atoms with Gasteiger partial charge >= 0.3 is 0 Å². The first-order chi connectivity index (χ1) is 8.74. The average Bonchev–Trinajstić information content (AvgIpc) is 2.78. The number of nitrogens with one attached hydrogen (secondary N) is 1. The highest BCUT2D eigenvalue weighted by molar-refractivity contribution is 6.31. The summed E-state index contributed by atoms with van der Waals surface area (Å²) in [5.41, 5.74) is 2.13. The van der Waals surface area contributed by atoms with Gasteiger partial charge in [0.05, 0.1) is 16.8 Å². The summed E-state index contributed by atoms with van der Waals surface area (Å²) in [6, 6.07) is 4.00. The van der Waals surface area contributed by atoms with Gasteiger partial charge in [0.25, 0.3) is 0 Å². The van der Waals surface area contributed by atoms with Crippen molar-refractivity contribution in [3.05, 3.63) is 47.0 Å². The lowest BCUT2D eigenvalue weighted by atomic mass is 10.0. The second-order valence-electron chi connectivity index (χ2n) is 4.16. The van der Waals surface area contributed by atoms with E-state index in [1.807, 2.05) is 23.9 Å². The molecule has 4 nitrogen and oxygen atoms in total. The quantitative estimate of drug-likeness (QED) is 0.903.